The lowest BCUT2D eigenvalue weighted by Crippen LogP contribution is -2.19. The highest BCUT2D eigenvalue weighted by atomic mass is 16.5. The summed E-state index contributed by atoms with van der Waals surface area (Å²) in [5, 5.41) is 12.3. The van der Waals surface area contributed by atoms with Gasteiger partial charge in [0.15, 0.2) is 0 Å². The van der Waals surface area contributed by atoms with Crippen molar-refractivity contribution >= 4 is 0 Å². The summed E-state index contributed by atoms with van der Waals surface area (Å²) < 4.78 is 5.77. The molecular formula is C18H18N2O. The number of nitrogens with one attached hydrogen (secondary N) is 1. The summed E-state index contributed by atoms with van der Waals surface area (Å²) in [5.74, 6) is 0.761. The van der Waals surface area contributed by atoms with Crippen LogP contribution in [0.25, 0.3) is 0 Å². The van der Waals surface area contributed by atoms with Crippen LogP contribution in [0.5, 0.6) is 5.75 Å². The molecule has 2 rings (SSSR count). The third kappa shape index (κ3) is 4.48. The highest BCUT2D eigenvalue weighted by Crippen LogP contribution is 2.20. The van der Waals surface area contributed by atoms with Gasteiger partial charge in [0.05, 0.1) is 6.07 Å². The second-order valence-corrected chi connectivity index (χ2v) is 4.61. The minimum atomic E-state index is -0.358. The van der Waals surface area contributed by atoms with E-state index in [9.17, 15) is 5.26 Å². The van der Waals surface area contributed by atoms with Crippen LogP contribution in [-0.2, 0) is 6.61 Å². The van der Waals surface area contributed by atoms with E-state index in [0.29, 0.717) is 13.2 Å². The van der Waals surface area contributed by atoms with E-state index in [2.05, 4.69) is 18.0 Å². The molecule has 3 nitrogen and oxygen atoms in total. The second kappa shape index (κ2) is 7.88. The van der Waals surface area contributed by atoms with Crippen molar-refractivity contribution in [2.75, 3.05) is 6.54 Å². The van der Waals surface area contributed by atoms with Gasteiger partial charge in [-0.3, -0.25) is 5.32 Å². The molecular weight excluding hydrogens is 260 g/mol. The fourth-order valence-corrected chi connectivity index (χ4v) is 1.96. The molecule has 2 aromatic carbocycles. The summed E-state index contributed by atoms with van der Waals surface area (Å²) in [4.78, 5) is 0. The first-order valence-electron chi connectivity index (χ1n) is 6.84. The van der Waals surface area contributed by atoms with Gasteiger partial charge in [0.25, 0.3) is 0 Å². The van der Waals surface area contributed by atoms with Crippen molar-refractivity contribution in [1.82, 2.24) is 5.32 Å². The number of ether oxygens (including phenoxy) is 1. The summed E-state index contributed by atoms with van der Waals surface area (Å²) in [5.41, 5.74) is 2.01. The van der Waals surface area contributed by atoms with Crippen LogP contribution in [0.15, 0.2) is 67.3 Å². The van der Waals surface area contributed by atoms with E-state index in [0.717, 1.165) is 16.9 Å². The lowest BCUT2D eigenvalue weighted by atomic mass is 10.1. The Kier molecular flexibility index (Phi) is 5.57. The zero-order chi connectivity index (χ0) is 14.9. The van der Waals surface area contributed by atoms with Crippen LogP contribution in [0, 0.1) is 11.3 Å². The van der Waals surface area contributed by atoms with Crippen LogP contribution in [-0.4, -0.2) is 6.54 Å². The zero-order valence-corrected chi connectivity index (χ0v) is 11.8. The molecule has 21 heavy (non-hydrogen) atoms. The van der Waals surface area contributed by atoms with Gasteiger partial charge in [-0.05, 0) is 23.3 Å². The molecule has 0 spiro atoms. The fraction of sp³-hybridized carbons (Fsp3) is 0.167. The number of hydrogen-bond acceptors (Lipinski definition) is 3. The molecule has 0 aromatic heterocycles. The lowest BCUT2D eigenvalue weighted by Gasteiger charge is -2.12. The molecule has 0 heterocycles. The Labute approximate surface area is 125 Å². The van der Waals surface area contributed by atoms with E-state index in [1.807, 2.05) is 54.6 Å². The molecule has 2 aromatic rings. The van der Waals surface area contributed by atoms with Crippen molar-refractivity contribution in [3.8, 4) is 11.8 Å². The van der Waals surface area contributed by atoms with Crippen LogP contribution in [0.4, 0.5) is 0 Å². The van der Waals surface area contributed by atoms with Gasteiger partial charge in [0.1, 0.15) is 18.4 Å². The number of rotatable bonds is 7. The van der Waals surface area contributed by atoms with E-state index in [1.165, 1.54) is 0 Å². The highest BCUT2D eigenvalue weighted by molar-refractivity contribution is 5.33. The standard InChI is InChI=1S/C18H18N2O/c1-2-11-20-18(13-19)16-9-6-10-17(12-16)21-14-15-7-4-3-5-8-15/h2-10,12,18,20H,1,11,14H2. The molecule has 0 radical (unpaired) electrons. The first-order chi connectivity index (χ1) is 10.3. The zero-order valence-electron chi connectivity index (χ0n) is 11.8. The topological polar surface area (TPSA) is 45.0 Å². The second-order valence-electron chi connectivity index (χ2n) is 4.61. The van der Waals surface area contributed by atoms with Gasteiger partial charge < -0.3 is 4.74 Å². The third-order valence-electron chi connectivity index (χ3n) is 3.04. The van der Waals surface area contributed by atoms with Gasteiger partial charge >= 0.3 is 0 Å². The van der Waals surface area contributed by atoms with Gasteiger partial charge in [-0.2, -0.15) is 5.26 Å². The van der Waals surface area contributed by atoms with Crippen molar-refractivity contribution in [2.24, 2.45) is 0 Å². The van der Waals surface area contributed by atoms with Crippen molar-refractivity contribution in [1.29, 1.82) is 5.26 Å². The van der Waals surface area contributed by atoms with Crippen LogP contribution in [0.2, 0.25) is 0 Å². The van der Waals surface area contributed by atoms with Crippen LogP contribution < -0.4 is 10.1 Å². The van der Waals surface area contributed by atoms with E-state index < -0.39 is 0 Å². The predicted octanol–water partition coefficient (Wildman–Crippen LogP) is 3.61. The molecule has 0 bridgehead atoms. The maximum absolute atomic E-state index is 9.22. The average Bonchev–Trinajstić information content (AvgIpc) is 2.55. The molecule has 1 unspecified atom stereocenters. The lowest BCUT2D eigenvalue weighted by molar-refractivity contribution is 0.306. The molecule has 1 N–H and O–H groups in total. The van der Waals surface area contributed by atoms with Crippen molar-refractivity contribution in [3.63, 3.8) is 0 Å². The highest BCUT2D eigenvalue weighted by Gasteiger charge is 2.09. The number of hydrogen-bond donors (Lipinski definition) is 1. The first kappa shape index (κ1) is 14.8. The molecule has 3 heteroatoms. The molecule has 0 saturated carbocycles. The first-order valence-corrected chi connectivity index (χ1v) is 6.84. The van der Waals surface area contributed by atoms with Crippen molar-refractivity contribution in [2.45, 2.75) is 12.6 Å². The maximum Gasteiger partial charge on any atom is 0.121 e. The maximum atomic E-state index is 9.22. The van der Waals surface area contributed by atoms with Gasteiger partial charge in [-0.15, -0.1) is 6.58 Å². The summed E-state index contributed by atoms with van der Waals surface area (Å²) in [6.07, 6.45) is 1.74. The van der Waals surface area contributed by atoms with Crippen LogP contribution >= 0.6 is 0 Å². The quantitative estimate of drug-likeness (QED) is 0.787. The van der Waals surface area contributed by atoms with Crippen LogP contribution in [0.1, 0.15) is 17.2 Å². The van der Waals surface area contributed by atoms with Gasteiger partial charge in [-0.25, -0.2) is 0 Å². The van der Waals surface area contributed by atoms with E-state index in [4.69, 9.17) is 4.74 Å². The summed E-state index contributed by atoms with van der Waals surface area (Å²) in [6, 6.07) is 19.5. The molecule has 0 saturated heterocycles. The Bertz CT molecular complexity index is 617. The molecule has 0 amide bonds. The Morgan fingerprint density at radius 2 is 2.00 bits per heavy atom. The van der Waals surface area contributed by atoms with E-state index >= 15 is 0 Å². The monoisotopic (exact) mass is 278 g/mol. The Hall–Kier alpha value is -2.57. The Balaban J connectivity index is 2.03. The van der Waals surface area contributed by atoms with Gasteiger partial charge in [0, 0.05) is 6.54 Å². The SMILES string of the molecule is C=CCNC(C#N)c1cccc(OCc2ccccc2)c1. The molecule has 0 aliphatic rings. The Morgan fingerprint density at radius 1 is 1.19 bits per heavy atom. The number of nitriles is 1. The number of benzene rings is 2. The minimum absolute atomic E-state index is 0.358. The van der Waals surface area contributed by atoms with Crippen molar-refractivity contribution < 1.29 is 4.74 Å². The van der Waals surface area contributed by atoms with Crippen LogP contribution in [0.3, 0.4) is 0 Å². The van der Waals surface area contributed by atoms with Crippen molar-refractivity contribution in [3.05, 3.63) is 78.4 Å². The summed E-state index contributed by atoms with van der Waals surface area (Å²) in [7, 11) is 0. The van der Waals surface area contributed by atoms with Gasteiger partial charge in [-0.1, -0.05) is 48.5 Å². The molecule has 1 atom stereocenters. The van der Waals surface area contributed by atoms with E-state index in [1.54, 1.807) is 6.08 Å². The average molecular weight is 278 g/mol. The normalized spacial score (nSPS) is 11.4. The summed E-state index contributed by atoms with van der Waals surface area (Å²) in [6.45, 7) is 4.75. The van der Waals surface area contributed by atoms with E-state index in [-0.39, 0.29) is 6.04 Å². The minimum Gasteiger partial charge on any atom is -0.489 e. The molecule has 0 aliphatic carbocycles. The Morgan fingerprint density at radius 3 is 2.71 bits per heavy atom. The largest absolute Gasteiger partial charge is 0.489 e. The summed E-state index contributed by atoms with van der Waals surface area (Å²) >= 11 is 0. The van der Waals surface area contributed by atoms with Gasteiger partial charge in [0.2, 0.25) is 0 Å². The molecule has 0 aliphatic heterocycles. The smallest absolute Gasteiger partial charge is 0.121 e. The molecule has 0 fully saturated rings. The third-order valence-corrected chi connectivity index (χ3v) is 3.04. The fourth-order valence-electron chi connectivity index (χ4n) is 1.96. The predicted molar refractivity (Wildman–Crippen MR) is 83.8 cm³/mol. The number of nitrogens with zero attached hydrogens (tertiary/aromatic N) is 1. The molecule has 106 valence electrons.